The van der Waals surface area contributed by atoms with Crippen molar-refractivity contribution in [3.63, 3.8) is 0 Å². The Bertz CT molecular complexity index is 773. The lowest BCUT2D eigenvalue weighted by atomic mass is 9.98. The van der Waals surface area contributed by atoms with Crippen molar-refractivity contribution >= 4 is 0 Å². The molecule has 29 heavy (non-hydrogen) atoms. The summed E-state index contributed by atoms with van der Waals surface area (Å²) in [7, 11) is 0. The van der Waals surface area contributed by atoms with Crippen LogP contribution in [0, 0.1) is 5.92 Å². The molecular weight excluding hydrogens is 372 g/mol. The molecule has 4 N–H and O–H groups in total. The maximum absolute atomic E-state index is 10.2. The molecule has 1 fully saturated rings. The molecule has 158 valence electrons. The fourth-order valence-corrected chi connectivity index (χ4v) is 3.54. The third-order valence-corrected chi connectivity index (χ3v) is 5.13. The summed E-state index contributed by atoms with van der Waals surface area (Å²) in [5.74, 6) is 1.12. The maximum atomic E-state index is 10.2. The van der Waals surface area contributed by atoms with Crippen LogP contribution in [0.4, 0.5) is 0 Å². The number of para-hydroxylation sites is 1. The van der Waals surface area contributed by atoms with E-state index in [4.69, 9.17) is 9.47 Å². The Morgan fingerprint density at radius 3 is 2.21 bits per heavy atom. The monoisotopic (exact) mass is 402 g/mol. The van der Waals surface area contributed by atoms with Crippen molar-refractivity contribution in [2.45, 2.75) is 57.4 Å². The highest BCUT2D eigenvalue weighted by atomic mass is 16.7. The van der Waals surface area contributed by atoms with Gasteiger partial charge in [-0.2, -0.15) is 0 Å². The van der Waals surface area contributed by atoms with Gasteiger partial charge in [-0.1, -0.05) is 56.3 Å². The van der Waals surface area contributed by atoms with Crippen LogP contribution in [0.15, 0.2) is 48.5 Å². The highest BCUT2D eigenvalue weighted by Gasteiger charge is 2.44. The summed E-state index contributed by atoms with van der Waals surface area (Å²) in [5, 5.41) is 39.5. The molecule has 0 saturated carbocycles. The summed E-state index contributed by atoms with van der Waals surface area (Å²) >= 11 is 0. The summed E-state index contributed by atoms with van der Waals surface area (Å²) in [4.78, 5) is 0. The Morgan fingerprint density at radius 2 is 1.55 bits per heavy atom. The molecule has 2 aromatic carbocycles. The molecular formula is C23H30O6. The lowest BCUT2D eigenvalue weighted by molar-refractivity contribution is -0.277. The molecule has 3 rings (SSSR count). The number of hydrogen-bond acceptors (Lipinski definition) is 6. The molecule has 1 heterocycles. The topological polar surface area (TPSA) is 99.4 Å². The van der Waals surface area contributed by atoms with Gasteiger partial charge in [0.1, 0.15) is 30.2 Å². The fraction of sp³-hybridized carbons (Fsp3) is 0.478. The summed E-state index contributed by atoms with van der Waals surface area (Å²) in [6.07, 6.45) is -4.83. The number of hydrogen-bond donors (Lipinski definition) is 4. The standard InChI is InChI=1S/C23H30O6/c1-14(2)11-15-7-9-16(10-8-15)12-17-5-3-4-6-18(17)28-23-22(27)21(26)20(25)19(13-24)29-23/h3-10,14,19-27H,11-13H2,1-2H3/t19-,20-,21+,22-,23+/m1/s1. The van der Waals surface area contributed by atoms with E-state index in [2.05, 4.69) is 38.1 Å². The summed E-state index contributed by atoms with van der Waals surface area (Å²) in [6.45, 7) is 3.90. The molecule has 5 atom stereocenters. The molecule has 0 radical (unpaired) electrons. The van der Waals surface area contributed by atoms with Crippen LogP contribution in [0.2, 0.25) is 0 Å². The molecule has 0 aromatic heterocycles. The molecule has 2 aromatic rings. The third-order valence-electron chi connectivity index (χ3n) is 5.13. The predicted octanol–water partition coefficient (Wildman–Crippen LogP) is 1.65. The molecule has 1 aliphatic heterocycles. The number of rotatable bonds is 7. The zero-order valence-electron chi connectivity index (χ0n) is 16.8. The fourth-order valence-electron chi connectivity index (χ4n) is 3.54. The van der Waals surface area contributed by atoms with E-state index < -0.39 is 37.3 Å². The van der Waals surface area contributed by atoms with Gasteiger partial charge in [0.25, 0.3) is 0 Å². The van der Waals surface area contributed by atoms with E-state index in [9.17, 15) is 20.4 Å². The Hall–Kier alpha value is -1.96. The van der Waals surface area contributed by atoms with Gasteiger partial charge >= 0.3 is 0 Å². The van der Waals surface area contributed by atoms with E-state index in [0.717, 1.165) is 17.5 Å². The van der Waals surface area contributed by atoms with Crippen molar-refractivity contribution in [3.05, 3.63) is 65.2 Å². The largest absolute Gasteiger partial charge is 0.462 e. The molecule has 1 aliphatic rings. The van der Waals surface area contributed by atoms with Crippen molar-refractivity contribution in [3.8, 4) is 5.75 Å². The van der Waals surface area contributed by atoms with Gasteiger partial charge in [0, 0.05) is 6.42 Å². The average molecular weight is 402 g/mol. The van der Waals surface area contributed by atoms with Crippen molar-refractivity contribution in [2.24, 2.45) is 5.92 Å². The van der Waals surface area contributed by atoms with Crippen LogP contribution < -0.4 is 4.74 Å². The van der Waals surface area contributed by atoms with Gasteiger partial charge in [-0.25, -0.2) is 0 Å². The molecule has 6 nitrogen and oxygen atoms in total. The van der Waals surface area contributed by atoms with Gasteiger partial charge in [-0.3, -0.25) is 0 Å². The Balaban J connectivity index is 1.73. The van der Waals surface area contributed by atoms with Crippen molar-refractivity contribution in [2.75, 3.05) is 6.61 Å². The smallest absolute Gasteiger partial charge is 0.229 e. The Kier molecular flexibility index (Phi) is 7.27. The highest BCUT2D eigenvalue weighted by Crippen LogP contribution is 2.28. The molecule has 0 unspecified atom stereocenters. The summed E-state index contributed by atoms with van der Waals surface area (Å²) < 4.78 is 11.3. The quantitative estimate of drug-likeness (QED) is 0.562. The van der Waals surface area contributed by atoms with E-state index in [-0.39, 0.29) is 0 Å². The number of ether oxygens (including phenoxy) is 2. The molecule has 0 spiro atoms. The van der Waals surface area contributed by atoms with Gasteiger partial charge in [0.2, 0.25) is 6.29 Å². The zero-order valence-corrected chi connectivity index (χ0v) is 16.8. The SMILES string of the molecule is CC(C)Cc1ccc(Cc2ccccc2O[C@H]2O[C@H](CO)[C@@H](O)[C@H](O)[C@H]2O)cc1. The minimum atomic E-state index is -1.47. The van der Waals surface area contributed by atoms with E-state index in [1.807, 2.05) is 18.2 Å². The Labute approximate surface area is 171 Å². The van der Waals surface area contributed by atoms with Crippen LogP contribution in [-0.2, 0) is 17.6 Å². The molecule has 0 amide bonds. The van der Waals surface area contributed by atoms with Gasteiger partial charge < -0.3 is 29.9 Å². The first-order valence-electron chi connectivity index (χ1n) is 10.0. The maximum Gasteiger partial charge on any atom is 0.229 e. The second kappa shape index (κ2) is 9.69. The molecule has 1 saturated heterocycles. The minimum absolute atomic E-state index is 0.491. The second-order valence-corrected chi connectivity index (χ2v) is 8.01. The van der Waals surface area contributed by atoms with E-state index in [0.29, 0.717) is 18.1 Å². The van der Waals surface area contributed by atoms with Crippen LogP contribution in [0.1, 0.15) is 30.5 Å². The second-order valence-electron chi connectivity index (χ2n) is 8.01. The molecule has 6 heteroatoms. The minimum Gasteiger partial charge on any atom is -0.462 e. The van der Waals surface area contributed by atoms with E-state index >= 15 is 0 Å². The van der Waals surface area contributed by atoms with Gasteiger partial charge in [0.05, 0.1) is 6.61 Å². The van der Waals surface area contributed by atoms with Crippen LogP contribution in [-0.4, -0.2) is 57.7 Å². The number of aliphatic hydroxyl groups excluding tert-OH is 4. The first-order valence-corrected chi connectivity index (χ1v) is 10.0. The summed E-state index contributed by atoms with van der Waals surface area (Å²) in [5.41, 5.74) is 3.33. The highest BCUT2D eigenvalue weighted by molar-refractivity contribution is 5.38. The zero-order chi connectivity index (χ0) is 21.0. The first kappa shape index (κ1) is 21.7. The lowest BCUT2D eigenvalue weighted by Crippen LogP contribution is -2.60. The van der Waals surface area contributed by atoms with Crippen LogP contribution in [0.5, 0.6) is 5.75 Å². The van der Waals surface area contributed by atoms with Crippen LogP contribution in [0.25, 0.3) is 0 Å². The van der Waals surface area contributed by atoms with Gasteiger partial charge in [-0.15, -0.1) is 0 Å². The predicted molar refractivity (Wildman–Crippen MR) is 109 cm³/mol. The van der Waals surface area contributed by atoms with Crippen molar-refractivity contribution in [1.29, 1.82) is 0 Å². The normalized spacial score (nSPS) is 27.2. The number of benzene rings is 2. The van der Waals surface area contributed by atoms with Crippen molar-refractivity contribution < 1.29 is 29.9 Å². The van der Waals surface area contributed by atoms with Gasteiger partial charge in [0.15, 0.2) is 0 Å². The van der Waals surface area contributed by atoms with Gasteiger partial charge in [-0.05, 0) is 35.1 Å². The first-order chi connectivity index (χ1) is 13.9. The van der Waals surface area contributed by atoms with Crippen LogP contribution >= 0.6 is 0 Å². The number of aliphatic hydroxyl groups is 4. The van der Waals surface area contributed by atoms with Crippen LogP contribution in [0.3, 0.4) is 0 Å². The summed E-state index contributed by atoms with van der Waals surface area (Å²) in [6, 6.07) is 15.9. The van der Waals surface area contributed by atoms with E-state index in [1.54, 1.807) is 6.07 Å². The van der Waals surface area contributed by atoms with E-state index in [1.165, 1.54) is 5.56 Å². The third kappa shape index (κ3) is 5.35. The van der Waals surface area contributed by atoms with Crippen molar-refractivity contribution in [1.82, 2.24) is 0 Å². The molecule has 0 aliphatic carbocycles. The lowest BCUT2D eigenvalue weighted by Gasteiger charge is -2.39. The molecule has 0 bridgehead atoms. The Morgan fingerprint density at radius 1 is 0.897 bits per heavy atom. The average Bonchev–Trinajstić information content (AvgIpc) is 2.71.